The average Bonchev–Trinajstić information content (AvgIpc) is 3.14. The van der Waals surface area contributed by atoms with E-state index in [-0.39, 0.29) is 11.5 Å². The Morgan fingerprint density at radius 1 is 1.03 bits per heavy atom. The molecule has 0 radical (unpaired) electrons. The lowest BCUT2D eigenvalue weighted by Gasteiger charge is -2.36. The van der Waals surface area contributed by atoms with Crippen molar-refractivity contribution in [2.75, 3.05) is 37.6 Å². The molecule has 2 aromatic heterocycles. The maximum absolute atomic E-state index is 13.6. The second-order valence-electron chi connectivity index (χ2n) is 8.67. The van der Waals surface area contributed by atoms with Gasteiger partial charge in [0.05, 0.1) is 10.5 Å². The SMILES string of the molecule is CCCN1C(=O)C(=Cc2c(N3CCN(Cc4ccccc4)CC3)nc3ccccn3c2=O)SC1=S. The van der Waals surface area contributed by atoms with E-state index in [9.17, 15) is 9.59 Å². The summed E-state index contributed by atoms with van der Waals surface area (Å²) in [6.45, 7) is 6.71. The number of rotatable bonds is 6. The Labute approximate surface area is 214 Å². The number of fused-ring (bicyclic) bond motifs is 1. The van der Waals surface area contributed by atoms with Crippen LogP contribution in [0.3, 0.4) is 0 Å². The van der Waals surface area contributed by atoms with Crippen LogP contribution in [0.15, 0.2) is 64.4 Å². The topological polar surface area (TPSA) is 61.2 Å². The van der Waals surface area contributed by atoms with E-state index in [1.165, 1.54) is 21.7 Å². The zero-order chi connectivity index (χ0) is 24.4. The fourth-order valence-electron chi connectivity index (χ4n) is 4.47. The highest BCUT2D eigenvalue weighted by Gasteiger charge is 2.32. The van der Waals surface area contributed by atoms with Crippen molar-refractivity contribution in [2.45, 2.75) is 19.9 Å². The van der Waals surface area contributed by atoms with Gasteiger partial charge in [-0.1, -0.05) is 67.3 Å². The summed E-state index contributed by atoms with van der Waals surface area (Å²) in [5.74, 6) is 0.486. The third-order valence-corrected chi connectivity index (χ3v) is 7.64. The largest absolute Gasteiger partial charge is 0.353 e. The Hall–Kier alpha value is -3.01. The zero-order valence-corrected chi connectivity index (χ0v) is 21.2. The van der Waals surface area contributed by atoms with Crippen LogP contribution in [-0.4, -0.2) is 62.1 Å². The van der Waals surface area contributed by atoms with Gasteiger partial charge >= 0.3 is 0 Å². The Balaban J connectivity index is 1.47. The van der Waals surface area contributed by atoms with Gasteiger partial charge in [-0.25, -0.2) is 4.98 Å². The number of amides is 1. The summed E-state index contributed by atoms with van der Waals surface area (Å²) >= 11 is 6.68. The molecule has 0 N–H and O–H groups in total. The van der Waals surface area contributed by atoms with Crippen molar-refractivity contribution in [3.63, 3.8) is 0 Å². The molecule has 0 bridgehead atoms. The van der Waals surface area contributed by atoms with Crippen LogP contribution in [0.1, 0.15) is 24.5 Å². The third kappa shape index (κ3) is 4.89. The third-order valence-electron chi connectivity index (χ3n) is 6.27. The Bertz CT molecular complexity index is 1350. The quantitative estimate of drug-likeness (QED) is 0.375. The zero-order valence-electron chi connectivity index (χ0n) is 19.6. The molecule has 0 aliphatic carbocycles. The standard InChI is InChI=1S/C26H27N5O2S2/c1-2-11-31-25(33)21(35-26(31)34)17-20-23(27-22-10-6-7-12-30(22)24(20)32)29-15-13-28(14-16-29)18-19-8-4-3-5-9-19/h3-10,12,17H,2,11,13-16,18H2,1H3. The molecule has 0 saturated carbocycles. The first-order valence-electron chi connectivity index (χ1n) is 11.8. The van der Waals surface area contributed by atoms with Crippen molar-refractivity contribution in [1.82, 2.24) is 19.2 Å². The molecule has 2 saturated heterocycles. The molecule has 2 aliphatic rings. The van der Waals surface area contributed by atoms with E-state index in [1.54, 1.807) is 17.2 Å². The lowest BCUT2D eigenvalue weighted by molar-refractivity contribution is -0.122. The molecule has 0 atom stereocenters. The van der Waals surface area contributed by atoms with Crippen LogP contribution in [0.2, 0.25) is 0 Å². The molecule has 7 nitrogen and oxygen atoms in total. The first-order chi connectivity index (χ1) is 17.0. The molecule has 1 amide bonds. The van der Waals surface area contributed by atoms with Crippen molar-refractivity contribution >= 4 is 51.7 Å². The highest BCUT2D eigenvalue weighted by atomic mass is 32.2. The van der Waals surface area contributed by atoms with Gasteiger partial charge < -0.3 is 4.90 Å². The van der Waals surface area contributed by atoms with Crippen LogP contribution in [0, 0.1) is 0 Å². The number of hydrogen-bond acceptors (Lipinski definition) is 7. The summed E-state index contributed by atoms with van der Waals surface area (Å²) < 4.78 is 2.07. The van der Waals surface area contributed by atoms with Crippen molar-refractivity contribution in [3.8, 4) is 0 Å². The van der Waals surface area contributed by atoms with Gasteiger partial charge in [-0.3, -0.25) is 23.8 Å². The fourth-order valence-corrected chi connectivity index (χ4v) is 5.76. The normalized spacial score (nSPS) is 18.3. The number of thiocarbonyl (C=S) groups is 1. The number of thioether (sulfide) groups is 1. The van der Waals surface area contributed by atoms with Gasteiger partial charge in [-0.05, 0) is 30.2 Å². The van der Waals surface area contributed by atoms with E-state index in [0.717, 1.165) is 39.1 Å². The van der Waals surface area contributed by atoms with E-state index in [4.69, 9.17) is 17.2 Å². The summed E-state index contributed by atoms with van der Waals surface area (Å²) in [6, 6.07) is 16.0. The molecular weight excluding hydrogens is 478 g/mol. The smallest absolute Gasteiger partial charge is 0.267 e. The van der Waals surface area contributed by atoms with Gasteiger partial charge in [0.1, 0.15) is 15.8 Å². The number of piperazine rings is 1. The minimum Gasteiger partial charge on any atom is -0.353 e. The first kappa shape index (κ1) is 23.7. The number of nitrogens with zero attached hydrogens (tertiary/aromatic N) is 5. The molecule has 180 valence electrons. The van der Waals surface area contributed by atoms with E-state index in [2.05, 4.69) is 34.1 Å². The van der Waals surface area contributed by atoms with E-state index in [1.807, 2.05) is 31.2 Å². The number of carbonyl (C=O) groups is 1. The number of benzene rings is 1. The summed E-state index contributed by atoms with van der Waals surface area (Å²) in [5, 5.41) is 0. The van der Waals surface area contributed by atoms with Gasteiger partial charge in [0.2, 0.25) is 0 Å². The molecule has 1 aromatic carbocycles. The number of anilines is 1. The molecule has 35 heavy (non-hydrogen) atoms. The highest BCUT2D eigenvalue weighted by Crippen LogP contribution is 2.33. The van der Waals surface area contributed by atoms with Crippen LogP contribution in [-0.2, 0) is 11.3 Å². The molecular formula is C26H27N5O2S2. The van der Waals surface area contributed by atoms with Crippen LogP contribution in [0.5, 0.6) is 0 Å². The van der Waals surface area contributed by atoms with Gasteiger partial charge in [0, 0.05) is 45.5 Å². The van der Waals surface area contributed by atoms with E-state index >= 15 is 0 Å². The molecule has 9 heteroatoms. The van der Waals surface area contributed by atoms with Gasteiger partial charge in [-0.2, -0.15) is 0 Å². The first-order valence-corrected chi connectivity index (χ1v) is 13.1. The summed E-state index contributed by atoms with van der Waals surface area (Å²) in [4.78, 5) is 38.1. The fraction of sp³-hybridized carbons (Fsp3) is 0.308. The van der Waals surface area contributed by atoms with Gasteiger partial charge in [-0.15, -0.1) is 0 Å². The van der Waals surface area contributed by atoms with Gasteiger partial charge in [0.25, 0.3) is 11.5 Å². The number of carbonyl (C=O) groups excluding carboxylic acids is 1. The highest BCUT2D eigenvalue weighted by molar-refractivity contribution is 8.26. The molecule has 2 aliphatic heterocycles. The monoisotopic (exact) mass is 505 g/mol. The average molecular weight is 506 g/mol. The van der Waals surface area contributed by atoms with Crippen molar-refractivity contribution in [1.29, 1.82) is 0 Å². The number of aromatic nitrogens is 2. The maximum Gasteiger partial charge on any atom is 0.267 e. The molecule has 3 aromatic rings. The second-order valence-corrected chi connectivity index (χ2v) is 10.3. The lowest BCUT2D eigenvalue weighted by atomic mass is 10.2. The van der Waals surface area contributed by atoms with Crippen LogP contribution in [0.4, 0.5) is 5.82 Å². The van der Waals surface area contributed by atoms with Crippen molar-refractivity contribution < 1.29 is 4.79 Å². The molecule has 0 spiro atoms. The van der Waals surface area contributed by atoms with E-state index in [0.29, 0.717) is 32.8 Å². The Kier molecular flexibility index (Phi) is 6.99. The second kappa shape index (κ2) is 10.3. The number of pyridine rings is 1. The predicted molar refractivity (Wildman–Crippen MR) is 146 cm³/mol. The summed E-state index contributed by atoms with van der Waals surface area (Å²) in [7, 11) is 0. The van der Waals surface area contributed by atoms with Crippen molar-refractivity contribution in [2.24, 2.45) is 0 Å². The molecule has 5 rings (SSSR count). The predicted octanol–water partition coefficient (Wildman–Crippen LogP) is 3.63. The Morgan fingerprint density at radius 2 is 1.77 bits per heavy atom. The minimum absolute atomic E-state index is 0.141. The lowest BCUT2D eigenvalue weighted by Crippen LogP contribution is -2.47. The molecule has 2 fully saturated rings. The molecule has 4 heterocycles. The minimum atomic E-state index is -0.182. The van der Waals surface area contributed by atoms with E-state index < -0.39 is 0 Å². The molecule has 0 unspecified atom stereocenters. The Morgan fingerprint density at radius 3 is 2.51 bits per heavy atom. The number of hydrogen-bond donors (Lipinski definition) is 0. The van der Waals surface area contributed by atoms with Gasteiger partial charge in [0.15, 0.2) is 0 Å². The summed E-state index contributed by atoms with van der Waals surface area (Å²) in [6.07, 6.45) is 4.22. The van der Waals surface area contributed by atoms with Crippen LogP contribution < -0.4 is 10.5 Å². The van der Waals surface area contributed by atoms with Crippen LogP contribution >= 0.6 is 24.0 Å². The van der Waals surface area contributed by atoms with Crippen molar-refractivity contribution in [3.05, 3.63) is 81.1 Å². The maximum atomic E-state index is 13.6. The van der Waals surface area contributed by atoms with Crippen LogP contribution in [0.25, 0.3) is 11.7 Å². The summed E-state index contributed by atoms with van der Waals surface area (Å²) in [5.41, 5.74) is 2.13.